The Morgan fingerprint density at radius 2 is 2.00 bits per heavy atom. The van der Waals surface area contributed by atoms with Crippen molar-refractivity contribution < 1.29 is 19.7 Å². The van der Waals surface area contributed by atoms with Crippen molar-refractivity contribution in [3.05, 3.63) is 34.9 Å². The lowest BCUT2D eigenvalue weighted by molar-refractivity contribution is -0.131. The Morgan fingerprint density at radius 3 is 2.68 bits per heavy atom. The summed E-state index contributed by atoms with van der Waals surface area (Å²) in [6.07, 6.45) is 8.61. The third kappa shape index (κ3) is 7.68. The predicted octanol–water partition coefficient (Wildman–Crippen LogP) is 6.29. The molecule has 1 aromatic carbocycles. The molecule has 2 N–H and O–H groups in total. The lowest BCUT2D eigenvalue weighted by Gasteiger charge is -2.36. The van der Waals surface area contributed by atoms with Gasteiger partial charge in [0.25, 0.3) is 0 Å². The Hall–Kier alpha value is -1.81. The van der Waals surface area contributed by atoms with E-state index in [9.17, 15) is 15.0 Å². The second kappa shape index (κ2) is 11.2. The molecule has 0 unspecified atom stereocenters. The Morgan fingerprint density at radius 1 is 1.29 bits per heavy atom. The van der Waals surface area contributed by atoms with E-state index < -0.39 is 6.10 Å². The molecule has 1 heterocycles. The Balaban J connectivity index is 1.77. The summed E-state index contributed by atoms with van der Waals surface area (Å²) < 4.78 is 6.37. The maximum atomic E-state index is 12.3. The number of aliphatic hydroxyl groups excluding tert-OH is 1. The average molecular weight is 431 g/mol. The first-order valence-corrected chi connectivity index (χ1v) is 11.9. The molecule has 0 aromatic heterocycles. The van der Waals surface area contributed by atoms with Gasteiger partial charge in [0.05, 0.1) is 0 Å². The molecular formula is C27H42O4. The lowest BCUT2D eigenvalue weighted by atomic mass is 9.87. The fourth-order valence-corrected chi connectivity index (χ4v) is 4.48. The number of hydrogen-bond acceptors (Lipinski definition) is 4. The smallest absolute Gasteiger partial charge is 0.164 e. The molecule has 0 bridgehead atoms. The number of phenolic OH excluding ortho intramolecular Hbond substituents is 1. The van der Waals surface area contributed by atoms with Crippen LogP contribution in [0.25, 0.3) is 0 Å². The predicted molar refractivity (Wildman–Crippen MR) is 127 cm³/mol. The van der Waals surface area contributed by atoms with Crippen LogP contribution in [0, 0.1) is 18.8 Å². The Bertz CT molecular complexity index is 780. The van der Waals surface area contributed by atoms with Gasteiger partial charge < -0.3 is 14.9 Å². The van der Waals surface area contributed by atoms with Gasteiger partial charge >= 0.3 is 0 Å². The zero-order valence-electron chi connectivity index (χ0n) is 20.3. The number of allylic oxidation sites excluding steroid dienone is 2. The van der Waals surface area contributed by atoms with E-state index in [1.807, 2.05) is 33.8 Å². The number of hydrogen-bond donors (Lipinski definition) is 2. The minimum Gasteiger partial charge on any atom is -0.508 e. The van der Waals surface area contributed by atoms with E-state index in [1.165, 1.54) is 5.57 Å². The molecule has 174 valence electrons. The van der Waals surface area contributed by atoms with Crippen LogP contribution in [0.5, 0.6) is 11.5 Å². The maximum Gasteiger partial charge on any atom is 0.164 e. The van der Waals surface area contributed by atoms with Gasteiger partial charge in [0.1, 0.15) is 23.2 Å². The molecule has 0 fully saturated rings. The summed E-state index contributed by atoms with van der Waals surface area (Å²) in [5.74, 6) is 1.48. The van der Waals surface area contributed by atoms with Gasteiger partial charge in [0.15, 0.2) is 5.78 Å². The van der Waals surface area contributed by atoms with Crippen molar-refractivity contribution in [2.45, 2.75) is 105 Å². The molecule has 0 aliphatic carbocycles. The number of Topliss-reactive ketones (excluding diaryl/α,β-unsaturated/α-hetero) is 1. The normalized spacial score (nSPS) is 20.8. The van der Waals surface area contributed by atoms with Crippen molar-refractivity contribution in [2.75, 3.05) is 0 Å². The third-order valence-electron chi connectivity index (χ3n) is 6.49. The van der Waals surface area contributed by atoms with Crippen LogP contribution < -0.4 is 4.74 Å². The van der Waals surface area contributed by atoms with Crippen molar-refractivity contribution in [2.24, 2.45) is 11.8 Å². The number of aryl methyl sites for hydroxylation is 2. The molecular weight excluding hydrogens is 388 g/mol. The van der Waals surface area contributed by atoms with Crippen LogP contribution in [0.15, 0.2) is 23.8 Å². The standard InChI is InChI=1S/C27H42O4/c1-18(2)15-24(29)25(30)20(4)11-7-9-19(3)10-8-13-27(6)14-12-22-17-23(28)16-21(5)26(22)31-27/h10,16-18,20,24,28-29H,7-9,11-15H2,1-6H3/b19-10+/t20-,24-,27+/m0/s1. The number of carbonyl (C=O) groups excluding carboxylic acids is 1. The molecule has 3 atom stereocenters. The highest BCUT2D eigenvalue weighted by molar-refractivity contribution is 5.84. The van der Waals surface area contributed by atoms with Gasteiger partial charge in [-0.1, -0.05) is 32.4 Å². The minimum absolute atomic E-state index is 0.0124. The van der Waals surface area contributed by atoms with Crippen molar-refractivity contribution in [1.29, 1.82) is 0 Å². The van der Waals surface area contributed by atoms with Crippen LogP contribution in [0.3, 0.4) is 0 Å². The molecule has 0 radical (unpaired) electrons. The number of fused-ring (bicyclic) bond motifs is 1. The average Bonchev–Trinajstić information content (AvgIpc) is 2.67. The fourth-order valence-electron chi connectivity index (χ4n) is 4.48. The Labute approximate surface area is 188 Å². The summed E-state index contributed by atoms with van der Waals surface area (Å²) in [6.45, 7) is 12.3. The molecule has 31 heavy (non-hydrogen) atoms. The summed E-state index contributed by atoms with van der Waals surface area (Å²) in [5, 5.41) is 19.8. The fraction of sp³-hybridized carbons (Fsp3) is 0.667. The first-order valence-electron chi connectivity index (χ1n) is 11.9. The number of phenols is 1. The quantitative estimate of drug-likeness (QED) is 0.405. The highest BCUT2D eigenvalue weighted by Gasteiger charge is 2.32. The van der Waals surface area contributed by atoms with Gasteiger partial charge in [0, 0.05) is 5.92 Å². The molecule has 1 aliphatic heterocycles. The molecule has 0 saturated heterocycles. The zero-order chi connectivity index (χ0) is 23.2. The van der Waals surface area contributed by atoms with E-state index in [0.29, 0.717) is 18.1 Å². The number of ketones is 1. The number of aromatic hydroxyl groups is 1. The van der Waals surface area contributed by atoms with Gasteiger partial charge in [-0.3, -0.25) is 4.79 Å². The van der Waals surface area contributed by atoms with Crippen LogP contribution >= 0.6 is 0 Å². The first-order chi connectivity index (χ1) is 14.5. The summed E-state index contributed by atoms with van der Waals surface area (Å²) in [7, 11) is 0. The highest BCUT2D eigenvalue weighted by Crippen LogP contribution is 2.39. The lowest BCUT2D eigenvalue weighted by Crippen LogP contribution is -2.36. The first kappa shape index (κ1) is 25.5. The molecule has 4 nitrogen and oxygen atoms in total. The summed E-state index contributed by atoms with van der Waals surface area (Å²) in [4.78, 5) is 12.3. The van der Waals surface area contributed by atoms with Gasteiger partial charge in [-0.05, 0) is 101 Å². The van der Waals surface area contributed by atoms with Crippen LogP contribution in [0.1, 0.15) is 90.7 Å². The van der Waals surface area contributed by atoms with Gasteiger partial charge in [-0.2, -0.15) is 0 Å². The summed E-state index contributed by atoms with van der Waals surface area (Å²) in [5.41, 5.74) is 3.26. The second-order valence-corrected chi connectivity index (χ2v) is 10.2. The van der Waals surface area contributed by atoms with E-state index >= 15 is 0 Å². The SMILES string of the molecule is C/C(=C\CC[C@]1(C)CCc2cc(O)cc(C)c2O1)CCC[C@H](C)C(=O)[C@@H](O)CC(C)C. The number of benzene rings is 1. The van der Waals surface area contributed by atoms with Crippen molar-refractivity contribution >= 4 is 5.78 Å². The number of aliphatic hydroxyl groups is 1. The van der Waals surface area contributed by atoms with Gasteiger partial charge in [-0.25, -0.2) is 0 Å². The third-order valence-corrected chi connectivity index (χ3v) is 6.49. The second-order valence-electron chi connectivity index (χ2n) is 10.2. The van der Waals surface area contributed by atoms with E-state index in [1.54, 1.807) is 6.07 Å². The maximum absolute atomic E-state index is 12.3. The van der Waals surface area contributed by atoms with Crippen LogP contribution in [0.4, 0.5) is 0 Å². The number of carbonyl (C=O) groups is 1. The molecule has 1 aliphatic rings. The molecule has 0 saturated carbocycles. The van der Waals surface area contributed by atoms with Crippen LogP contribution in [0.2, 0.25) is 0 Å². The summed E-state index contributed by atoms with van der Waals surface area (Å²) in [6, 6.07) is 3.59. The largest absolute Gasteiger partial charge is 0.508 e. The Kier molecular flexibility index (Phi) is 9.17. The topological polar surface area (TPSA) is 66.8 Å². The molecule has 1 aromatic rings. The summed E-state index contributed by atoms with van der Waals surface area (Å²) >= 11 is 0. The van der Waals surface area contributed by atoms with Crippen LogP contribution in [-0.4, -0.2) is 27.7 Å². The number of ether oxygens (including phenoxy) is 1. The van der Waals surface area contributed by atoms with Crippen molar-refractivity contribution in [1.82, 2.24) is 0 Å². The minimum atomic E-state index is -0.819. The van der Waals surface area contributed by atoms with Crippen LogP contribution in [-0.2, 0) is 11.2 Å². The number of rotatable bonds is 11. The van der Waals surface area contributed by atoms with Gasteiger partial charge in [0.2, 0.25) is 0 Å². The van der Waals surface area contributed by atoms with E-state index in [4.69, 9.17) is 4.74 Å². The molecule has 2 rings (SSSR count). The van der Waals surface area contributed by atoms with Gasteiger partial charge in [-0.15, -0.1) is 0 Å². The molecule has 4 heteroatoms. The molecule has 0 spiro atoms. The monoisotopic (exact) mass is 430 g/mol. The van der Waals surface area contributed by atoms with E-state index in [0.717, 1.165) is 61.8 Å². The zero-order valence-corrected chi connectivity index (χ0v) is 20.3. The van der Waals surface area contributed by atoms with E-state index in [2.05, 4.69) is 19.9 Å². The molecule has 0 amide bonds. The van der Waals surface area contributed by atoms with E-state index in [-0.39, 0.29) is 17.3 Å². The van der Waals surface area contributed by atoms with Crippen molar-refractivity contribution in [3.8, 4) is 11.5 Å². The van der Waals surface area contributed by atoms with Crippen molar-refractivity contribution in [3.63, 3.8) is 0 Å². The highest BCUT2D eigenvalue weighted by atomic mass is 16.5.